The van der Waals surface area contributed by atoms with Crippen molar-refractivity contribution in [3.05, 3.63) is 98.8 Å². The fourth-order valence-corrected chi connectivity index (χ4v) is 8.08. The third kappa shape index (κ3) is 6.57. The van der Waals surface area contributed by atoms with Gasteiger partial charge in [-0.15, -0.1) is 11.3 Å². The number of fused-ring (bicyclic) bond motifs is 1. The van der Waals surface area contributed by atoms with Gasteiger partial charge in [-0.1, -0.05) is 29.3 Å². The Morgan fingerprint density at radius 3 is 2.66 bits per heavy atom. The Morgan fingerprint density at radius 1 is 1.13 bits per heavy atom. The standard InChI is InChI=1S/C28H22Cl2I2N2O3S/c29-18-8-7-17(21(30)12-18)15-37-26-22(31)10-16(11-23(26)32)13-34-28-25(20-5-1-2-6-24(20)38-28)27(35)33-14-19-4-3-9-36-19/h3-4,7-13H,1-2,5-6,14-15H2,(H,33,35). The number of halogens is 4. The van der Waals surface area contributed by atoms with Gasteiger partial charge >= 0.3 is 0 Å². The quantitative estimate of drug-likeness (QED) is 0.143. The number of furan rings is 1. The van der Waals surface area contributed by atoms with Crippen LogP contribution < -0.4 is 10.1 Å². The van der Waals surface area contributed by atoms with Gasteiger partial charge in [0.05, 0.1) is 25.5 Å². The first-order valence-electron chi connectivity index (χ1n) is 11.9. The van der Waals surface area contributed by atoms with Crippen molar-refractivity contribution in [2.75, 3.05) is 0 Å². The molecular formula is C28H22Cl2I2N2O3S. The van der Waals surface area contributed by atoms with Crippen molar-refractivity contribution in [2.45, 2.75) is 38.8 Å². The van der Waals surface area contributed by atoms with Gasteiger partial charge in [-0.3, -0.25) is 4.79 Å². The largest absolute Gasteiger partial charge is 0.487 e. The molecule has 0 saturated carbocycles. The Hall–Kier alpha value is -1.60. The van der Waals surface area contributed by atoms with E-state index in [0.29, 0.717) is 28.8 Å². The number of nitrogens with one attached hydrogen (secondary N) is 1. The zero-order valence-corrected chi connectivity index (χ0v) is 26.7. The van der Waals surface area contributed by atoms with E-state index < -0.39 is 0 Å². The molecule has 1 aliphatic rings. The lowest BCUT2D eigenvalue weighted by atomic mass is 9.95. The summed E-state index contributed by atoms with van der Waals surface area (Å²) in [7, 11) is 0. The lowest BCUT2D eigenvalue weighted by Crippen LogP contribution is -2.23. The number of nitrogens with zero attached hydrogens (tertiary/aromatic N) is 1. The minimum absolute atomic E-state index is 0.110. The van der Waals surface area contributed by atoms with Crippen LogP contribution >= 0.6 is 79.7 Å². The highest BCUT2D eigenvalue weighted by Gasteiger charge is 2.25. The van der Waals surface area contributed by atoms with Crippen LogP contribution in [0.25, 0.3) is 0 Å². The second-order valence-corrected chi connectivity index (χ2v) is 13.0. The lowest BCUT2D eigenvalue weighted by molar-refractivity contribution is 0.0948. The van der Waals surface area contributed by atoms with Gasteiger partial charge in [0.2, 0.25) is 0 Å². The fraction of sp³-hybridized carbons (Fsp3) is 0.214. The van der Waals surface area contributed by atoms with E-state index in [-0.39, 0.29) is 5.91 Å². The molecule has 196 valence electrons. The third-order valence-corrected chi connectivity index (χ3v) is 9.51. The molecule has 1 aliphatic carbocycles. The number of amides is 1. The van der Waals surface area contributed by atoms with Gasteiger partial charge in [0, 0.05) is 26.7 Å². The van der Waals surface area contributed by atoms with E-state index in [0.717, 1.165) is 66.0 Å². The molecule has 0 unspecified atom stereocenters. The van der Waals surface area contributed by atoms with Crippen LogP contribution in [0.3, 0.4) is 0 Å². The van der Waals surface area contributed by atoms with Crippen molar-refractivity contribution in [3.63, 3.8) is 0 Å². The highest BCUT2D eigenvalue weighted by molar-refractivity contribution is 14.1. The number of rotatable bonds is 8. The van der Waals surface area contributed by atoms with Gasteiger partial charge in [0.1, 0.15) is 23.1 Å². The van der Waals surface area contributed by atoms with Gasteiger partial charge < -0.3 is 14.5 Å². The predicted molar refractivity (Wildman–Crippen MR) is 171 cm³/mol. The molecule has 10 heteroatoms. The summed E-state index contributed by atoms with van der Waals surface area (Å²) in [4.78, 5) is 19.3. The summed E-state index contributed by atoms with van der Waals surface area (Å²) in [5.74, 6) is 1.40. The molecular weight excluding hydrogens is 769 g/mol. The number of carbonyl (C=O) groups excluding carboxylic acids is 1. The molecule has 0 fully saturated rings. The van der Waals surface area contributed by atoms with Crippen LogP contribution in [0.5, 0.6) is 5.75 Å². The van der Waals surface area contributed by atoms with E-state index in [1.165, 1.54) is 4.88 Å². The number of hydrogen-bond acceptors (Lipinski definition) is 5. The summed E-state index contributed by atoms with van der Waals surface area (Å²) in [5, 5.41) is 4.92. The van der Waals surface area contributed by atoms with Gasteiger partial charge in [-0.05, 0) is 118 Å². The van der Waals surface area contributed by atoms with Crippen molar-refractivity contribution in [1.29, 1.82) is 0 Å². The number of carbonyl (C=O) groups is 1. The normalized spacial score (nSPS) is 13.1. The Labute approximate surface area is 262 Å². The monoisotopic (exact) mass is 790 g/mol. The SMILES string of the molecule is O=C(NCc1ccco1)c1c(N=Cc2cc(I)c(OCc3ccc(Cl)cc3Cl)c(I)c2)sc2c1CCCC2. The van der Waals surface area contributed by atoms with Crippen LogP contribution in [-0.4, -0.2) is 12.1 Å². The van der Waals surface area contributed by atoms with Gasteiger partial charge in [-0.2, -0.15) is 0 Å². The second kappa shape index (κ2) is 12.7. The average Bonchev–Trinajstić information content (AvgIpc) is 3.54. The maximum absolute atomic E-state index is 13.2. The maximum atomic E-state index is 13.2. The topological polar surface area (TPSA) is 63.8 Å². The van der Waals surface area contributed by atoms with Crippen molar-refractivity contribution in [3.8, 4) is 5.75 Å². The molecule has 38 heavy (non-hydrogen) atoms. The molecule has 4 aromatic rings. The van der Waals surface area contributed by atoms with Gasteiger partial charge in [-0.25, -0.2) is 4.99 Å². The molecule has 2 aromatic heterocycles. The number of benzene rings is 2. The first-order valence-corrected chi connectivity index (χ1v) is 15.7. The van der Waals surface area contributed by atoms with Crippen LogP contribution in [0.4, 0.5) is 5.00 Å². The molecule has 0 atom stereocenters. The van der Waals surface area contributed by atoms with E-state index in [2.05, 4.69) is 50.5 Å². The van der Waals surface area contributed by atoms with Crippen LogP contribution in [-0.2, 0) is 26.0 Å². The smallest absolute Gasteiger partial charge is 0.255 e. The van der Waals surface area contributed by atoms with Crippen LogP contribution in [0.2, 0.25) is 10.0 Å². The molecule has 1 N–H and O–H groups in total. The molecule has 0 aliphatic heterocycles. The predicted octanol–water partition coefficient (Wildman–Crippen LogP) is 9.00. The maximum Gasteiger partial charge on any atom is 0.255 e. The summed E-state index contributed by atoms with van der Waals surface area (Å²) in [5.41, 5.74) is 3.63. The third-order valence-electron chi connectivity index (χ3n) is 6.12. The fourth-order valence-electron chi connectivity index (χ4n) is 4.26. The Kier molecular flexibility index (Phi) is 9.35. The summed E-state index contributed by atoms with van der Waals surface area (Å²) in [6.45, 7) is 0.686. The number of ether oxygens (including phenoxy) is 1. The number of hydrogen-bond donors (Lipinski definition) is 1. The number of aryl methyl sites for hydroxylation is 1. The molecule has 0 bridgehead atoms. The first-order chi connectivity index (χ1) is 18.4. The van der Waals surface area contributed by atoms with E-state index >= 15 is 0 Å². The minimum atomic E-state index is -0.110. The van der Waals surface area contributed by atoms with Crippen LogP contribution in [0.15, 0.2) is 58.1 Å². The first kappa shape index (κ1) is 27.9. The van der Waals surface area contributed by atoms with Crippen molar-refractivity contribution in [1.82, 2.24) is 5.32 Å². The zero-order valence-electron chi connectivity index (χ0n) is 20.0. The summed E-state index contributed by atoms with van der Waals surface area (Å²) >= 11 is 18.5. The van der Waals surface area contributed by atoms with E-state index in [1.807, 2.05) is 36.5 Å². The Morgan fingerprint density at radius 2 is 1.92 bits per heavy atom. The highest BCUT2D eigenvalue weighted by Crippen LogP contribution is 2.40. The summed E-state index contributed by atoms with van der Waals surface area (Å²) in [6, 6.07) is 13.1. The van der Waals surface area contributed by atoms with Crippen LogP contribution in [0, 0.1) is 7.14 Å². The highest BCUT2D eigenvalue weighted by atomic mass is 127. The summed E-state index contributed by atoms with van der Waals surface area (Å²) < 4.78 is 13.4. The molecule has 0 spiro atoms. The van der Waals surface area contributed by atoms with E-state index in [9.17, 15) is 4.79 Å². The Balaban J connectivity index is 1.35. The summed E-state index contributed by atoms with van der Waals surface area (Å²) in [6.07, 6.45) is 7.56. The molecule has 1 amide bonds. The van der Waals surface area contributed by atoms with Crippen molar-refractivity contribution >= 4 is 96.8 Å². The van der Waals surface area contributed by atoms with E-state index in [4.69, 9.17) is 37.3 Å². The van der Waals surface area contributed by atoms with Gasteiger partial charge in [0.15, 0.2) is 0 Å². The van der Waals surface area contributed by atoms with Crippen molar-refractivity contribution < 1.29 is 13.9 Å². The molecule has 0 saturated heterocycles. The van der Waals surface area contributed by atoms with Crippen molar-refractivity contribution in [2.24, 2.45) is 4.99 Å². The average molecular weight is 791 g/mol. The van der Waals surface area contributed by atoms with Gasteiger partial charge in [0.25, 0.3) is 5.91 Å². The molecule has 0 radical (unpaired) electrons. The number of thiophene rings is 1. The number of aliphatic imine (C=N–C) groups is 1. The molecule has 2 aromatic carbocycles. The Bertz CT molecular complexity index is 1480. The minimum Gasteiger partial charge on any atom is -0.487 e. The second-order valence-electron chi connectivity index (χ2n) is 8.75. The molecule has 5 nitrogen and oxygen atoms in total. The zero-order chi connectivity index (χ0) is 26.6. The molecule has 5 rings (SSSR count). The lowest BCUT2D eigenvalue weighted by Gasteiger charge is -2.13. The molecule has 2 heterocycles. The van der Waals surface area contributed by atoms with Crippen LogP contribution in [0.1, 0.15) is 50.5 Å². The van der Waals surface area contributed by atoms with E-state index in [1.54, 1.807) is 29.7 Å².